The molecule has 1 N–H and O–H groups in total. The molecule has 4 heterocycles. The second-order valence-electron chi connectivity index (χ2n) is 7.57. The number of nitrogens with zero attached hydrogens (tertiary/aromatic N) is 3. The standard InChI is InChI=1S/C21H20F2N4S2/c1-11-12(4-3-7-27(11)2)16-8-13-15(5-6-24-21(13)29-16)26-19-14(22)9-17-20(18(19)23)25-10-28-17/h5-6,8-12H,3-4,7H2,1-2H3,(H,24,26)/t11-,12?/m0/s1. The molecule has 1 aliphatic rings. The number of fused-ring (bicyclic) bond motifs is 2. The van der Waals surface area contributed by atoms with Gasteiger partial charge in [-0.25, -0.2) is 18.7 Å². The second-order valence-corrected chi connectivity index (χ2v) is 9.52. The highest BCUT2D eigenvalue weighted by atomic mass is 32.1. The number of thiophene rings is 1. The number of pyridine rings is 1. The molecule has 1 saturated heterocycles. The Morgan fingerprint density at radius 2 is 2.10 bits per heavy atom. The van der Waals surface area contributed by atoms with E-state index >= 15 is 0 Å². The van der Waals surface area contributed by atoms with Crippen molar-refractivity contribution in [3.05, 3.63) is 46.4 Å². The van der Waals surface area contributed by atoms with Crippen molar-refractivity contribution in [3.8, 4) is 0 Å². The van der Waals surface area contributed by atoms with Crippen molar-refractivity contribution in [3.63, 3.8) is 0 Å². The fourth-order valence-electron chi connectivity index (χ4n) is 4.12. The lowest BCUT2D eigenvalue weighted by molar-refractivity contribution is 0.176. The summed E-state index contributed by atoms with van der Waals surface area (Å²) >= 11 is 2.89. The van der Waals surface area contributed by atoms with Crippen LogP contribution in [0.5, 0.6) is 0 Å². The third-order valence-corrected chi connectivity index (χ3v) is 7.85. The van der Waals surface area contributed by atoms with Gasteiger partial charge in [0.15, 0.2) is 11.6 Å². The van der Waals surface area contributed by atoms with Crippen LogP contribution in [0.25, 0.3) is 20.4 Å². The molecular weight excluding hydrogens is 410 g/mol. The molecule has 29 heavy (non-hydrogen) atoms. The summed E-state index contributed by atoms with van der Waals surface area (Å²) in [5, 5.41) is 3.87. The number of thiazole rings is 1. The molecule has 1 fully saturated rings. The van der Waals surface area contributed by atoms with Crippen molar-refractivity contribution in [1.82, 2.24) is 14.9 Å². The van der Waals surface area contributed by atoms with Gasteiger partial charge in [-0.15, -0.1) is 22.7 Å². The van der Waals surface area contributed by atoms with Crippen LogP contribution in [0.1, 0.15) is 30.6 Å². The van der Waals surface area contributed by atoms with Gasteiger partial charge in [-0.2, -0.15) is 0 Å². The quantitative estimate of drug-likeness (QED) is 0.425. The van der Waals surface area contributed by atoms with Crippen LogP contribution in [-0.2, 0) is 0 Å². The van der Waals surface area contributed by atoms with Gasteiger partial charge in [0.2, 0.25) is 0 Å². The third kappa shape index (κ3) is 3.19. The maximum atomic E-state index is 14.9. The van der Waals surface area contributed by atoms with E-state index < -0.39 is 11.6 Å². The van der Waals surface area contributed by atoms with Crippen molar-refractivity contribution >= 4 is 54.5 Å². The van der Waals surface area contributed by atoms with Crippen LogP contribution in [0.3, 0.4) is 0 Å². The number of nitrogens with one attached hydrogen (secondary N) is 1. The van der Waals surface area contributed by atoms with Crippen LogP contribution in [0.4, 0.5) is 20.2 Å². The summed E-state index contributed by atoms with van der Waals surface area (Å²) in [5.74, 6) is -0.841. The lowest BCUT2D eigenvalue weighted by Crippen LogP contribution is -2.38. The Hall–Kier alpha value is -2.16. The van der Waals surface area contributed by atoms with Crippen molar-refractivity contribution in [2.24, 2.45) is 0 Å². The summed E-state index contributed by atoms with van der Waals surface area (Å²) in [6.07, 6.45) is 3.99. The topological polar surface area (TPSA) is 41.1 Å². The fraction of sp³-hybridized carbons (Fsp3) is 0.333. The summed E-state index contributed by atoms with van der Waals surface area (Å²) in [6, 6.07) is 5.68. The molecule has 1 aliphatic heterocycles. The molecule has 3 aromatic heterocycles. The fourth-order valence-corrected chi connectivity index (χ4v) is 6.08. The second kappa shape index (κ2) is 7.27. The number of benzene rings is 1. The highest BCUT2D eigenvalue weighted by molar-refractivity contribution is 7.18. The molecule has 0 saturated carbocycles. The van der Waals surface area contributed by atoms with E-state index in [1.165, 1.54) is 34.2 Å². The summed E-state index contributed by atoms with van der Waals surface area (Å²) in [5.41, 5.74) is 2.19. The lowest BCUT2D eigenvalue weighted by Gasteiger charge is -2.36. The number of halogens is 2. The van der Waals surface area contributed by atoms with E-state index in [1.807, 2.05) is 0 Å². The largest absolute Gasteiger partial charge is 0.350 e. The maximum Gasteiger partial charge on any atom is 0.176 e. The summed E-state index contributed by atoms with van der Waals surface area (Å²) in [7, 11) is 2.16. The molecule has 1 unspecified atom stereocenters. The maximum absolute atomic E-state index is 14.9. The molecule has 0 radical (unpaired) electrons. The normalized spacial score (nSPS) is 20.6. The molecule has 2 atom stereocenters. The lowest BCUT2D eigenvalue weighted by atomic mass is 9.89. The van der Waals surface area contributed by atoms with Crippen LogP contribution in [0.15, 0.2) is 29.9 Å². The minimum Gasteiger partial charge on any atom is -0.350 e. The Balaban J connectivity index is 1.56. The minimum atomic E-state index is -0.663. The average molecular weight is 431 g/mol. The molecule has 0 amide bonds. The van der Waals surface area contributed by atoms with E-state index in [2.05, 4.69) is 40.2 Å². The Morgan fingerprint density at radius 1 is 1.24 bits per heavy atom. The van der Waals surface area contributed by atoms with Crippen molar-refractivity contribution in [1.29, 1.82) is 0 Å². The van der Waals surface area contributed by atoms with Crippen LogP contribution in [-0.4, -0.2) is 34.5 Å². The zero-order valence-corrected chi connectivity index (χ0v) is 17.7. The zero-order chi connectivity index (χ0) is 20.1. The predicted molar refractivity (Wildman–Crippen MR) is 117 cm³/mol. The smallest absolute Gasteiger partial charge is 0.176 e. The average Bonchev–Trinajstić information content (AvgIpc) is 3.34. The summed E-state index contributed by atoms with van der Waals surface area (Å²) in [6.45, 7) is 3.37. The van der Waals surface area contributed by atoms with Gasteiger partial charge >= 0.3 is 0 Å². The van der Waals surface area contributed by atoms with Gasteiger partial charge in [0.05, 0.1) is 15.9 Å². The SMILES string of the molecule is C[C@H]1C(c2cc3c(Nc4c(F)cc5scnc5c4F)ccnc3s2)CCCN1C. The van der Waals surface area contributed by atoms with Crippen LogP contribution in [0, 0.1) is 11.6 Å². The molecule has 150 valence electrons. The number of piperidine rings is 1. The van der Waals surface area contributed by atoms with Crippen LogP contribution < -0.4 is 5.32 Å². The van der Waals surface area contributed by atoms with Gasteiger partial charge in [0.25, 0.3) is 0 Å². The van der Waals surface area contributed by atoms with Crippen LogP contribution in [0.2, 0.25) is 0 Å². The number of likely N-dealkylation sites (N-methyl/N-ethyl adjacent to an activating group) is 1. The molecule has 0 spiro atoms. The minimum absolute atomic E-state index is 0.172. The number of rotatable bonds is 3. The number of aromatic nitrogens is 2. The van der Waals surface area contributed by atoms with E-state index in [-0.39, 0.29) is 11.2 Å². The molecule has 1 aromatic carbocycles. The summed E-state index contributed by atoms with van der Waals surface area (Å²) < 4.78 is 30.0. The molecule has 0 aliphatic carbocycles. The number of hydrogen-bond acceptors (Lipinski definition) is 6. The Kier molecular flexibility index (Phi) is 4.72. The van der Waals surface area contributed by atoms with Gasteiger partial charge in [-0.3, -0.25) is 0 Å². The molecule has 4 nitrogen and oxygen atoms in total. The van der Waals surface area contributed by atoms with Crippen molar-refractivity contribution < 1.29 is 8.78 Å². The van der Waals surface area contributed by atoms with Crippen molar-refractivity contribution in [2.45, 2.75) is 31.7 Å². The first-order valence-electron chi connectivity index (χ1n) is 9.60. The number of anilines is 2. The highest BCUT2D eigenvalue weighted by Crippen LogP contribution is 2.41. The monoisotopic (exact) mass is 430 g/mol. The van der Waals surface area contributed by atoms with E-state index in [4.69, 9.17) is 0 Å². The highest BCUT2D eigenvalue weighted by Gasteiger charge is 2.28. The van der Waals surface area contributed by atoms with Gasteiger partial charge in [-0.05, 0) is 51.6 Å². The molecular formula is C21H20F2N4S2. The first-order chi connectivity index (χ1) is 14.0. The Bertz CT molecular complexity index is 1200. The zero-order valence-electron chi connectivity index (χ0n) is 16.1. The number of likely N-dealkylation sites (tertiary alicyclic amines) is 1. The Labute approximate surface area is 175 Å². The summed E-state index contributed by atoms with van der Waals surface area (Å²) in [4.78, 5) is 13.1. The van der Waals surface area contributed by atoms with Gasteiger partial charge in [0, 0.05) is 28.4 Å². The first kappa shape index (κ1) is 18.8. The van der Waals surface area contributed by atoms with Gasteiger partial charge in [0.1, 0.15) is 16.0 Å². The predicted octanol–water partition coefficient (Wildman–Crippen LogP) is 6.13. The Morgan fingerprint density at radius 3 is 2.97 bits per heavy atom. The van der Waals surface area contributed by atoms with Crippen molar-refractivity contribution in [2.75, 3.05) is 18.9 Å². The van der Waals surface area contributed by atoms with E-state index in [9.17, 15) is 8.78 Å². The molecule has 8 heteroatoms. The third-order valence-electron chi connectivity index (χ3n) is 5.90. The van der Waals surface area contributed by atoms with E-state index in [0.29, 0.717) is 22.3 Å². The van der Waals surface area contributed by atoms with Gasteiger partial charge < -0.3 is 10.2 Å². The molecule has 4 aromatic rings. The molecule has 0 bridgehead atoms. The van der Waals surface area contributed by atoms with E-state index in [0.717, 1.165) is 23.2 Å². The van der Waals surface area contributed by atoms with Crippen LogP contribution >= 0.6 is 22.7 Å². The first-order valence-corrected chi connectivity index (χ1v) is 11.3. The number of hydrogen-bond donors (Lipinski definition) is 1. The molecule has 5 rings (SSSR count). The van der Waals surface area contributed by atoms with E-state index in [1.54, 1.807) is 23.6 Å². The van der Waals surface area contributed by atoms with Gasteiger partial charge in [-0.1, -0.05) is 0 Å².